The van der Waals surface area contributed by atoms with Crippen LogP contribution >= 0.6 is 0 Å². The number of aromatic nitrogens is 1. The van der Waals surface area contributed by atoms with Crippen LogP contribution in [0.15, 0.2) is 29.8 Å². The first-order chi connectivity index (χ1) is 15.3. The Morgan fingerprint density at radius 3 is 2.78 bits per heavy atom. The summed E-state index contributed by atoms with van der Waals surface area (Å²) in [7, 11) is 0. The van der Waals surface area contributed by atoms with E-state index in [1.807, 2.05) is 13.8 Å². The molecule has 1 aromatic rings. The second kappa shape index (κ2) is 8.73. The van der Waals surface area contributed by atoms with Crippen LogP contribution in [0.3, 0.4) is 0 Å². The molecule has 1 aromatic heterocycles. The van der Waals surface area contributed by atoms with E-state index < -0.39 is 41.5 Å². The molecule has 2 unspecified atom stereocenters. The van der Waals surface area contributed by atoms with E-state index in [-0.39, 0.29) is 36.3 Å². The van der Waals surface area contributed by atoms with E-state index in [1.54, 1.807) is 0 Å². The molecule has 2 aliphatic heterocycles. The lowest BCUT2D eigenvalue weighted by Crippen LogP contribution is -2.60. The highest BCUT2D eigenvalue weighted by molar-refractivity contribution is 6.19. The zero-order valence-corrected chi connectivity index (χ0v) is 18.0. The number of halogens is 1. The standard InChI is InChI=1S/C21H27FN6O4/c1-11(2)10-27-19-13(17(29)24-9-15-14(22)4-3-7-23-15)8-25-28(19)21(32)16(20(27)31)18(30)26-12-5-6-12/h3-4,7,11-13,19,25,31H,5-6,8-10H2,1-2H3,(H,24,29)(H,26,30). The average Bonchev–Trinajstić information content (AvgIpc) is 3.44. The largest absolute Gasteiger partial charge is 0.494 e. The van der Waals surface area contributed by atoms with Crippen molar-refractivity contribution >= 4 is 17.7 Å². The molecule has 10 nitrogen and oxygen atoms in total. The van der Waals surface area contributed by atoms with Crippen LogP contribution in [0.25, 0.3) is 0 Å². The number of aliphatic hydroxyl groups is 1. The Labute approximate surface area is 184 Å². The van der Waals surface area contributed by atoms with E-state index in [1.165, 1.54) is 28.2 Å². The van der Waals surface area contributed by atoms with Crippen molar-refractivity contribution in [2.45, 2.75) is 45.4 Å². The van der Waals surface area contributed by atoms with Gasteiger partial charge >= 0.3 is 0 Å². The quantitative estimate of drug-likeness (QED) is 0.439. The molecule has 1 saturated heterocycles. The summed E-state index contributed by atoms with van der Waals surface area (Å²) in [5.41, 5.74) is 2.66. The second-order valence-corrected chi connectivity index (χ2v) is 8.70. The SMILES string of the molecule is CC(C)CN1C(O)=C(C(=O)NC2CC2)C(=O)N2NCC(C(=O)NCc3ncccc3F)C12. The second-order valence-electron chi connectivity index (χ2n) is 8.70. The number of amides is 3. The van der Waals surface area contributed by atoms with Crippen molar-refractivity contribution in [3.63, 3.8) is 0 Å². The number of nitrogens with one attached hydrogen (secondary N) is 3. The van der Waals surface area contributed by atoms with Gasteiger partial charge in [0.25, 0.3) is 11.8 Å². The summed E-state index contributed by atoms with van der Waals surface area (Å²) >= 11 is 0. The van der Waals surface area contributed by atoms with Crippen molar-refractivity contribution in [1.82, 2.24) is 31.0 Å². The minimum Gasteiger partial charge on any atom is -0.494 e. The van der Waals surface area contributed by atoms with Crippen LogP contribution in [-0.2, 0) is 20.9 Å². The van der Waals surface area contributed by atoms with Crippen LogP contribution in [0.5, 0.6) is 0 Å². The van der Waals surface area contributed by atoms with Gasteiger partial charge < -0.3 is 20.6 Å². The number of carbonyl (C=O) groups excluding carboxylic acids is 3. The molecular weight excluding hydrogens is 419 g/mol. The lowest BCUT2D eigenvalue weighted by Gasteiger charge is -2.42. The first kappa shape index (κ1) is 22.0. The molecule has 172 valence electrons. The number of carbonyl (C=O) groups is 3. The van der Waals surface area contributed by atoms with Crippen LogP contribution in [0.1, 0.15) is 32.4 Å². The van der Waals surface area contributed by atoms with Crippen LogP contribution in [0.4, 0.5) is 4.39 Å². The van der Waals surface area contributed by atoms with Crippen molar-refractivity contribution in [2.75, 3.05) is 13.1 Å². The number of hydrogen-bond donors (Lipinski definition) is 4. The molecule has 11 heteroatoms. The number of pyridine rings is 1. The Kier molecular flexibility index (Phi) is 6.00. The molecule has 0 radical (unpaired) electrons. The number of fused-ring (bicyclic) bond motifs is 1. The van der Waals surface area contributed by atoms with Crippen molar-refractivity contribution in [3.05, 3.63) is 41.3 Å². The third kappa shape index (κ3) is 4.24. The number of hydrazine groups is 1. The van der Waals surface area contributed by atoms with Crippen molar-refractivity contribution in [1.29, 1.82) is 0 Å². The molecule has 32 heavy (non-hydrogen) atoms. The van der Waals surface area contributed by atoms with Crippen LogP contribution < -0.4 is 16.1 Å². The molecule has 0 aromatic carbocycles. The van der Waals surface area contributed by atoms with Crippen molar-refractivity contribution in [3.8, 4) is 0 Å². The number of hydrogen-bond acceptors (Lipinski definition) is 7. The van der Waals surface area contributed by atoms with Crippen molar-refractivity contribution < 1.29 is 23.9 Å². The highest BCUT2D eigenvalue weighted by Gasteiger charge is 2.52. The Morgan fingerprint density at radius 1 is 1.38 bits per heavy atom. The van der Waals surface area contributed by atoms with Gasteiger partial charge in [-0.25, -0.2) is 14.8 Å². The van der Waals surface area contributed by atoms with Crippen LogP contribution in [-0.4, -0.2) is 63.0 Å². The minimum atomic E-state index is -0.823. The fourth-order valence-corrected chi connectivity index (χ4v) is 3.96. The Morgan fingerprint density at radius 2 is 2.12 bits per heavy atom. The van der Waals surface area contributed by atoms with Gasteiger partial charge in [-0.15, -0.1) is 0 Å². The topological polar surface area (TPSA) is 127 Å². The smallest absolute Gasteiger partial charge is 0.280 e. The molecule has 1 saturated carbocycles. The molecule has 1 aliphatic carbocycles. The Hall–Kier alpha value is -3.21. The van der Waals surface area contributed by atoms with Gasteiger partial charge in [0, 0.05) is 25.3 Å². The van der Waals surface area contributed by atoms with Crippen molar-refractivity contribution in [2.24, 2.45) is 11.8 Å². The third-order valence-electron chi connectivity index (χ3n) is 5.66. The maximum atomic E-state index is 13.8. The minimum absolute atomic E-state index is 0.0175. The van der Waals surface area contributed by atoms with Gasteiger partial charge in [-0.2, -0.15) is 0 Å². The fraction of sp³-hybridized carbons (Fsp3) is 0.524. The summed E-state index contributed by atoms with van der Waals surface area (Å²) in [5, 5.41) is 17.6. The van der Waals surface area contributed by atoms with E-state index in [9.17, 15) is 23.9 Å². The van der Waals surface area contributed by atoms with E-state index in [4.69, 9.17) is 0 Å². The molecule has 0 spiro atoms. The molecule has 2 atom stereocenters. The summed E-state index contributed by atoms with van der Waals surface area (Å²) in [6.45, 7) is 4.19. The number of nitrogens with zero attached hydrogens (tertiary/aromatic N) is 3. The normalized spacial score (nSPS) is 22.9. The molecule has 2 fully saturated rings. The predicted molar refractivity (Wildman–Crippen MR) is 111 cm³/mol. The summed E-state index contributed by atoms with van der Waals surface area (Å²) in [4.78, 5) is 44.1. The average molecular weight is 446 g/mol. The lowest BCUT2D eigenvalue weighted by atomic mass is 10.0. The lowest BCUT2D eigenvalue weighted by molar-refractivity contribution is -0.144. The predicted octanol–water partition coefficient (Wildman–Crippen LogP) is 0.146. The fourth-order valence-electron chi connectivity index (χ4n) is 3.96. The molecular formula is C21H27FN6O4. The van der Waals surface area contributed by atoms with Gasteiger partial charge in [-0.1, -0.05) is 13.8 Å². The first-order valence-electron chi connectivity index (χ1n) is 10.7. The van der Waals surface area contributed by atoms with Gasteiger partial charge in [-0.05, 0) is 30.9 Å². The van der Waals surface area contributed by atoms with Gasteiger partial charge in [0.2, 0.25) is 11.8 Å². The highest BCUT2D eigenvalue weighted by atomic mass is 19.1. The molecule has 4 N–H and O–H groups in total. The van der Waals surface area contributed by atoms with Gasteiger partial charge in [0.15, 0.2) is 5.57 Å². The van der Waals surface area contributed by atoms with E-state index >= 15 is 0 Å². The number of rotatable bonds is 7. The van der Waals surface area contributed by atoms with Crippen LogP contribution in [0, 0.1) is 17.7 Å². The maximum absolute atomic E-state index is 13.8. The van der Waals surface area contributed by atoms with Gasteiger partial charge in [0.05, 0.1) is 18.2 Å². The molecule has 3 heterocycles. The molecule has 0 bridgehead atoms. The maximum Gasteiger partial charge on any atom is 0.280 e. The van der Waals surface area contributed by atoms with Crippen LogP contribution in [0.2, 0.25) is 0 Å². The van der Waals surface area contributed by atoms with Gasteiger partial charge in [0.1, 0.15) is 12.0 Å². The molecule has 3 amide bonds. The zero-order chi connectivity index (χ0) is 23.0. The third-order valence-corrected chi connectivity index (χ3v) is 5.66. The Bertz CT molecular complexity index is 963. The molecule has 3 aliphatic rings. The van der Waals surface area contributed by atoms with E-state index in [2.05, 4.69) is 21.0 Å². The van der Waals surface area contributed by atoms with Gasteiger partial charge in [-0.3, -0.25) is 19.4 Å². The highest BCUT2D eigenvalue weighted by Crippen LogP contribution is 2.32. The monoisotopic (exact) mass is 446 g/mol. The first-order valence-corrected chi connectivity index (χ1v) is 10.7. The van der Waals surface area contributed by atoms with E-state index in [0.717, 1.165) is 12.8 Å². The summed E-state index contributed by atoms with van der Waals surface area (Å²) in [5.74, 6) is -3.36. The zero-order valence-electron chi connectivity index (χ0n) is 18.0. The summed E-state index contributed by atoms with van der Waals surface area (Å²) in [6.07, 6.45) is 2.29. The Balaban J connectivity index is 1.56. The number of aliphatic hydroxyl groups excluding tert-OH is 1. The summed E-state index contributed by atoms with van der Waals surface area (Å²) in [6, 6.07) is 2.74. The van der Waals surface area contributed by atoms with E-state index in [0.29, 0.717) is 6.54 Å². The summed E-state index contributed by atoms with van der Waals surface area (Å²) < 4.78 is 13.8. The molecule has 4 rings (SSSR count).